The van der Waals surface area contributed by atoms with Crippen LogP contribution < -0.4 is 0 Å². The second kappa shape index (κ2) is 3.75. The van der Waals surface area contributed by atoms with Gasteiger partial charge in [-0.2, -0.15) is 0 Å². The highest BCUT2D eigenvalue weighted by atomic mass is 16.7. The summed E-state index contributed by atoms with van der Waals surface area (Å²) in [6.07, 6.45) is -2.61. The van der Waals surface area contributed by atoms with E-state index in [-0.39, 0.29) is 12.4 Å². The number of aliphatic hydroxyl groups excluding tert-OH is 2. The fraction of sp³-hybridized carbons (Fsp3) is 1.00. The fourth-order valence-electron chi connectivity index (χ4n) is 2.17. The summed E-state index contributed by atoms with van der Waals surface area (Å²) >= 11 is 0. The number of methoxy groups -OCH3 is 1. The maximum absolute atomic E-state index is 9.83. The van der Waals surface area contributed by atoms with Crippen LogP contribution in [0.15, 0.2) is 0 Å². The maximum Gasteiger partial charge on any atom is 0.156 e. The zero-order valence-corrected chi connectivity index (χ0v) is 8.29. The number of aliphatic hydroxyl groups is 2. The van der Waals surface area contributed by atoms with Gasteiger partial charge in [0.05, 0.1) is 12.2 Å². The average molecular weight is 204 g/mol. The Balaban J connectivity index is 2.11. The van der Waals surface area contributed by atoms with Gasteiger partial charge in [0.25, 0.3) is 0 Å². The smallest absolute Gasteiger partial charge is 0.156 e. The normalized spacial score (nSPS) is 53.1. The molecule has 1 heterocycles. The molecule has 0 radical (unpaired) electrons. The Morgan fingerprint density at radius 1 is 1.21 bits per heavy atom. The van der Waals surface area contributed by atoms with Gasteiger partial charge in [-0.15, -0.1) is 0 Å². The Bertz CT molecular complexity index is 209. The van der Waals surface area contributed by atoms with E-state index >= 15 is 0 Å². The van der Waals surface area contributed by atoms with Crippen LogP contribution in [-0.2, 0) is 14.2 Å². The van der Waals surface area contributed by atoms with Gasteiger partial charge in [-0.25, -0.2) is 0 Å². The molecular formula is C9H16O5. The van der Waals surface area contributed by atoms with E-state index in [0.717, 1.165) is 0 Å². The SMILES string of the molecule is CO[C@H]1C[C@@H](O)[C@@H]2O[C@H](C)O[C@@H]2[C@H]1O. The zero-order valence-electron chi connectivity index (χ0n) is 8.29. The maximum atomic E-state index is 9.83. The molecule has 5 nitrogen and oxygen atoms in total. The van der Waals surface area contributed by atoms with Gasteiger partial charge in [0.2, 0.25) is 0 Å². The van der Waals surface area contributed by atoms with Gasteiger partial charge in [-0.05, 0) is 6.92 Å². The van der Waals surface area contributed by atoms with Crippen LogP contribution in [-0.4, -0.2) is 54.1 Å². The Kier molecular flexibility index (Phi) is 2.77. The van der Waals surface area contributed by atoms with Gasteiger partial charge < -0.3 is 24.4 Å². The van der Waals surface area contributed by atoms with Crippen molar-refractivity contribution in [3.63, 3.8) is 0 Å². The molecule has 0 spiro atoms. The Morgan fingerprint density at radius 2 is 1.86 bits per heavy atom. The molecule has 0 aromatic rings. The van der Waals surface area contributed by atoms with Crippen molar-refractivity contribution in [1.29, 1.82) is 0 Å². The van der Waals surface area contributed by atoms with Crippen molar-refractivity contribution in [3.8, 4) is 0 Å². The fourth-order valence-corrected chi connectivity index (χ4v) is 2.17. The highest BCUT2D eigenvalue weighted by molar-refractivity contribution is 4.97. The molecule has 82 valence electrons. The van der Waals surface area contributed by atoms with Crippen molar-refractivity contribution in [3.05, 3.63) is 0 Å². The van der Waals surface area contributed by atoms with Crippen LogP contribution in [0.5, 0.6) is 0 Å². The molecule has 2 fully saturated rings. The highest BCUT2D eigenvalue weighted by Gasteiger charge is 2.50. The lowest BCUT2D eigenvalue weighted by atomic mass is 9.87. The Morgan fingerprint density at radius 3 is 2.50 bits per heavy atom. The predicted octanol–water partition coefficient (Wildman–Crippen LogP) is -0.743. The summed E-state index contributed by atoms with van der Waals surface area (Å²) < 4.78 is 15.8. The van der Waals surface area contributed by atoms with E-state index in [9.17, 15) is 10.2 Å². The van der Waals surface area contributed by atoms with Crippen molar-refractivity contribution in [2.24, 2.45) is 0 Å². The standard InChI is InChI=1S/C9H16O5/c1-4-13-8-5(10)3-6(12-2)7(11)9(8)14-4/h4-11H,3H2,1-2H3/t4-,5+,6-,7-,8-,9+/m0/s1. The molecule has 1 aliphatic heterocycles. The van der Waals surface area contributed by atoms with Crippen LogP contribution in [0.4, 0.5) is 0 Å². The van der Waals surface area contributed by atoms with Crippen LogP contribution in [0.1, 0.15) is 13.3 Å². The van der Waals surface area contributed by atoms with Crippen molar-refractivity contribution >= 4 is 0 Å². The Labute approximate surface area is 82.6 Å². The van der Waals surface area contributed by atoms with Crippen LogP contribution in [0.25, 0.3) is 0 Å². The molecule has 2 N–H and O–H groups in total. The summed E-state index contributed by atoms with van der Waals surface area (Å²) in [7, 11) is 1.51. The van der Waals surface area contributed by atoms with Crippen LogP contribution in [0.3, 0.4) is 0 Å². The van der Waals surface area contributed by atoms with E-state index in [1.807, 2.05) is 0 Å². The van der Waals surface area contributed by atoms with Gasteiger partial charge in [-0.3, -0.25) is 0 Å². The van der Waals surface area contributed by atoms with Gasteiger partial charge in [0.15, 0.2) is 6.29 Å². The summed E-state index contributed by atoms with van der Waals surface area (Å²) in [4.78, 5) is 0. The van der Waals surface area contributed by atoms with Crippen molar-refractivity contribution in [2.45, 2.75) is 50.2 Å². The lowest BCUT2D eigenvalue weighted by Gasteiger charge is -2.36. The van der Waals surface area contributed by atoms with E-state index in [4.69, 9.17) is 14.2 Å². The summed E-state index contributed by atoms with van der Waals surface area (Å²) in [5.41, 5.74) is 0. The number of hydrogen-bond donors (Lipinski definition) is 2. The molecule has 1 saturated heterocycles. The van der Waals surface area contributed by atoms with E-state index in [2.05, 4.69) is 0 Å². The van der Waals surface area contributed by atoms with E-state index in [1.54, 1.807) is 6.92 Å². The first kappa shape index (κ1) is 10.3. The van der Waals surface area contributed by atoms with E-state index in [0.29, 0.717) is 6.42 Å². The first-order chi connectivity index (χ1) is 6.63. The molecule has 1 aliphatic carbocycles. The molecule has 0 amide bonds. The van der Waals surface area contributed by atoms with Gasteiger partial charge in [0, 0.05) is 13.5 Å². The molecule has 2 aliphatic rings. The van der Waals surface area contributed by atoms with Gasteiger partial charge in [-0.1, -0.05) is 0 Å². The van der Waals surface area contributed by atoms with Crippen LogP contribution in [0.2, 0.25) is 0 Å². The number of ether oxygens (including phenoxy) is 3. The summed E-state index contributed by atoms with van der Waals surface area (Å²) in [5.74, 6) is 0. The van der Waals surface area contributed by atoms with Gasteiger partial charge >= 0.3 is 0 Å². The zero-order chi connectivity index (χ0) is 10.3. The number of rotatable bonds is 1. The first-order valence-electron chi connectivity index (χ1n) is 4.83. The van der Waals surface area contributed by atoms with Crippen LogP contribution in [0, 0.1) is 0 Å². The minimum atomic E-state index is -0.724. The second-order valence-corrected chi connectivity index (χ2v) is 3.84. The predicted molar refractivity (Wildman–Crippen MR) is 46.6 cm³/mol. The molecule has 2 rings (SSSR count). The molecule has 1 saturated carbocycles. The van der Waals surface area contributed by atoms with E-state index < -0.39 is 24.4 Å². The molecule has 0 aromatic carbocycles. The quantitative estimate of drug-likeness (QED) is 0.588. The summed E-state index contributed by atoms with van der Waals surface area (Å²) in [6.45, 7) is 1.75. The third kappa shape index (κ3) is 1.55. The minimum absolute atomic E-state index is 0.370. The lowest BCUT2D eigenvalue weighted by Crippen LogP contribution is -2.54. The monoisotopic (exact) mass is 204 g/mol. The first-order valence-corrected chi connectivity index (χ1v) is 4.83. The largest absolute Gasteiger partial charge is 0.390 e. The number of hydrogen-bond acceptors (Lipinski definition) is 5. The molecule has 5 heteroatoms. The minimum Gasteiger partial charge on any atom is -0.390 e. The molecule has 6 atom stereocenters. The summed E-state index contributed by atoms with van der Waals surface area (Å²) in [6, 6.07) is 0. The Hall–Kier alpha value is -0.200. The van der Waals surface area contributed by atoms with Crippen LogP contribution >= 0.6 is 0 Å². The lowest BCUT2D eigenvalue weighted by molar-refractivity contribution is -0.143. The second-order valence-electron chi connectivity index (χ2n) is 3.84. The highest BCUT2D eigenvalue weighted by Crippen LogP contribution is 2.33. The third-order valence-corrected chi connectivity index (χ3v) is 2.89. The van der Waals surface area contributed by atoms with Crippen molar-refractivity contribution in [1.82, 2.24) is 0 Å². The van der Waals surface area contributed by atoms with Gasteiger partial charge in [0.1, 0.15) is 18.3 Å². The average Bonchev–Trinajstić information content (AvgIpc) is 2.54. The van der Waals surface area contributed by atoms with Crippen molar-refractivity contribution in [2.75, 3.05) is 7.11 Å². The summed E-state index contributed by atoms with van der Waals surface area (Å²) in [5, 5.41) is 19.6. The van der Waals surface area contributed by atoms with E-state index in [1.165, 1.54) is 7.11 Å². The molecule has 14 heavy (non-hydrogen) atoms. The number of fused-ring (bicyclic) bond motifs is 1. The molecular weight excluding hydrogens is 188 g/mol. The molecule has 0 aromatic heterocycles. The third-order valence-electron chi connectivity index (χ3n) is 2.89. The molecule has 0 unspecified atom stereocenters. The molecule has 0 bridgehead atoms. The topological polar surface area (TPSA) is 68.2 Å². The van der Waals surface area contributed by atoms with Crippen molar-refractivity contribution < 1.29 is 24.4 Å².